The van der Waals surface area contributed by atoms with E-state index in [4.69, 9.17) is 5.11 Å². The summed E-state index contributed by atoms with van der Waals surface area (Å²) >= 11 is 0. The van der Waals surface area contributed by atoms with Gasteiger partial charge in [-0.1, -0.05) is 28.4 Å². The summed E-state index contributed by atoms with van der Waals surface area (Å²) in [4.78, 5) is 20.8. The zero-order valence-electron chi connectivity index (χ0n) is 7.04. The van der Waals surface area contributed by atoms with Crippen LogP contribution in [0, 0.1) is 0 Å². The van der Waals surface area contributed by atoms with Crippen LogP contribution < -0.4 is 5.32 Å². The predicted molar refractivity (Wildman–Crippen MR) is 48.3 cm³/mol. The van der Waals surface area contributed by atoms with Crippen LogP contribution >= 0.6 is 0 Å². The molecule has 6 heteroatoms. The molecule has 0 aromatic heterocycles. The third kappa shape index (κ3) is 3.44. The molecule has 0 bridgehead atoms. The van der Waals surface area contributed by atoms with Gasteiger partial charge in [-0.2, -0.15) is 0 Å². The van der Waals surface area contributed by atoms with Gasteiger partial charge in [-0.05, 0) is 12.1 Å². The zero-order valence-corrected chi connectivity index (χ0v) is 7.04. The molecule has 1 rings (SSSR count). The molecule has 0 aliphatic heterocycles. The van der Waals surface area contributed by atoms with Crippen LogP contribution in [0.3, 0.4) is 0 Å². The minimum absolute atomic E-state index is 0.529. The highest BCUT2D eigenvalue weighted by atomic mass is 16.4. The highest BCUT2D eigenvalue weighted by molar-refractivity contribution is 5.90. The molecular weight excluding hydrogens is 186 g/mol. The van der Waals surface area contributed by atoms with Crippen LogP contribution in [0.15, 0.2) is 40.6 Å². The molecule has 0 aliphatic carbocycles. The van der Waals surface area contributed by atoms with Crippen LogP contribution in [0.5, 0.6) is 0 Å². The van der Waals surface area contributed by atoms with Gasteiger partial charge in [0.25, 0.3) is 0 Å². The summed E-state index contributed by atoms with van der Waals surface area (Å²) in [7, 11) is 0. The minimum Gasteiger partial charge on any atom is -0.462 e. The predicted octanol–water partition coefficient (Wildman–Crippen LogP) is 2.35. The molecule has 0 fully saturated rings. The van der Waals surface area contributed by atoms with E-state index in [1.165, 1.54) is 0 Å². The van der Waals surface area contributed by atoms with Crippen molar-refractivity contribution in [2.75, 3.05) is 5.32 Å². The fraction of sp³-hybridized carbons (Fsp3) is 0. The lowest BCUT2D eigenvalue weighted by Gasteiger charge is -1.97. The Morgan fingerprint density at radius 2 is 1.79 bits per heavy atom. The second-order valence-electron chi connectivity index (χ2n) is 2.28. The van der Waals surface area contributed by atoms with Gasteiger partial charge in [-0.25, -0.2) is 9.59 Å². The monoisotopic (exact) mass is 193 g/mol. The van der Waals surface area contributed by atoms with Gasteiger partial charge in [-0.3, -0.25) is 0 Å². The number of amides is 3. The Morgan fingerprint density at radius 3 is 2.36 bits per heavy atom. The molecule has 6 nitrogen and oxygen atoms in total. The van der Waals surface area contributed by atoms with Crippen molar-refractivity contribution < 1.29 is 14.7 Å². The number of carbonyl (C=O) groups is 2. The number of hydrogen-bond acceptors (Lipinski definition) is 2. The maximum atomic E-state index is 10.9. The molecule has 0 saturated heterocycles. The van der Waals surface area contributed by atoms with E-state index in [2.05, 4.69) is 15.5 Å². The minimum atomic E-state index is -1.51. The normalized spacial score (nSPS) is 10.0. The van der Waals surface area contributed by atoms with Crippen LogP contribution in [0.25, 0.3) is 0 Å². The van der Waals surface area contributed by atoms with Crippen molar-refractivity contribution in [2.45, 2.75) is 0 Å². The summed E-state index contributed by atoms with van der Waals surface area (Å²) in [6.45, 7) is 0. The van der Waals surface area contributed by atoms with Gasteiger partial charge in [-0.15, -0.1) is 0 Å². The maximum absolute atomic E-state index is 10.9. The number of carboxylic acid groups (broad SMARTS) is 1. The molecule has 0 atom stereocenters. The van der Waals surface area contributed by atoms with Crippen LogP contribution in [-0.2, 0) is 0 Å². The molecule has 1 aromatic rings. The van der Waals surface area contributed by atoms with Crippen LogP contribution in [-0.4, -0.2) is 17.2 Å². The highest BCUT2D eigenvalue weighted by Gasteiger charge is 1.99. The summed E-state index contributed by atoms with van der Waals surface area (Å²) < 4.78 is 0. The Kier molecular flexibility index (Phi) is 3.31. The van der Waals surface area contributed by atoms with Gasteiger partial charge < -0.3 is 10.4 Å². The fourth-order valence-corrected chi connectivity index (χ4v) is 0.758. The van der Waals surface area contributed by atoms with Gasteiger partial charge in [0.2, 0.25) is 0 Å². The van der Waals surface area contributed by atoms with Crippen molar-refractivity contribution in [1.29, 1.82) is 0 Å². The summed E-state index contributed by atoms with van der Waals surface area (Å²) in [5.41, 5.74) is 0.529. The van der Waals surface area contributed by atoms with E-state index < -0.39 is 12.1 Å². The van der Waals surface area contributed by atoms with Gasteiger partial charge in [0.05, 0.1) is 0 Å². The van der Waals surface area contributed by atoms with E-state index in [1.807, 2.05) is 0 Å². The van der Waals surface area contributed by atoms with E-state index in [9.17, 15) is 9.59 Å². The van der Waals surface area contributed by atoms with E-state index in [0.29, 0.717) is 5.69 Å². The molecule has 0 aliphatic rings. The zero-order chi connectivity index (χ0) is 10.4. The number of rotatable bonds is 1. The van der Waals surface area contributed by atoms with Gasteiger partial charge >= 0.3 is 12.1 Å². The first-order valence-electron chi connectivity index (χ1n) is 3.69. The molecule has 0 unspecified atom stereocenters. The first-order chi connectivity index (χ1) is 6.68. The summed E-state index contributed by atoms with van der Waals surface area (Å²) in [6, 6.07) is 7.71. The Bertz CT molecular complexity index is 361. The van der Waals surface area contributed by atoms with E-state index in [-0.39, 0.29) is 0 Å². The van der Waals surface area contributed by atoms with Gasteiger partial charge in [0.1, 0.15) is 0 Å². The topological polar surface area (TPSA) is 91.1 Å². The SMILES string of the molecule is O=C(O)N=NC(=O)Nc1ccccc1. The largest absolute Gasteiger partial charge is 0.462 e. The number of nitrogens with zero attached hydrogens (tertiary/aromatic N) is 2. The van der Waals surface area contributed by atoms with Crippen molar-refractivity contribution in [3.63, 3.8) is 0 Å². The molecule has 0 radical (unpaired) electrons. The molecule has 14 heavy (non-hydrogen) atoms. The maximum Gasteiger partial charge on any atom is 0.450 e. The quantitative estimate of drug-likeness (QED) is 0.670. The average Bonchev–Trinajstić information content (AvgIpc) is 2.16. The number of benzene rings is 1. The number of azo groups is 1. The number of hydrogen-bond donors (Lipinski definition) is 2. The Labute approximate surface area is 79.3 Å². The van der Waals surface area contributed by atoms with Crippen LogP contribution in [0.2, 0.25) is 0 Å². The van der Waals surface area contributed by atoms with E-state index >= 15 is 0 Å². The molecular formula is C8H7N3O3. The Morgan fingerprint density at radius 1 is 1.14 bits per heavy atom. The third-order valence-corrected chi connectivity index (χ3v) is 1.25. The average molecular weight is 193 g/mol. The number of para-hydroxylation sites is 1. The molecule has 1 aromatic carbocycles. The fourth-order valence-electron chi connectivity index (χ4n) is 0.758. The first kappa shape index (κ1) is 9.85. The second-order valence-corrected chi connectivity index (χ2v) is 2.28. The summed E-state index contributed by atoms with van der Waals surface area (Å²) in [6.07, 6.45) is -1.51. The molecule has 72 valence electrons. The molecule has 3 amide bonds. The number of anilines is 1. The highest BCUT2D eigenvalue weighted by Crippen LogP contribution is 2.04. The lowest BCUT2D eigenvalue weighted by atomic mass is 10.3. The van der Waals surface area contributed by atoms with E-state index in [1.54, 1.807) is 30.3 Å². The lowest BCUT2D eigenvalue weighted by Crippen LogP contribution is -2.05. The lowest BCUT2D eigenvalue weighted by molar-refractivity contribution is 0.203. The molecule has 2 N–H and O–H groups in total. The molecule has 0 spiro atoms. The molecule has 0 saturated carbocycles. The van der Waals surface area contributed by atoms with Crippen LogP contribution in [0.4, 0.5) is 15.3 Å². The first-order valence-corrected chi connectivity index (χ1v) is 3.69. The van der Waals surface area contributed by atoms with Gasteiger partial charge in [0.15, 0.2) is 0 Å². The summed E-state index contributed by atoms with van der Waals surface area (Å²) in [5, 5.41) is 16.0. The van der Waals surface area contributed by atoms with Crippen molar-refractivity contribution in [3.05, 3.63) is 30.3 Å². The van der Waals surface area contributed by atoms with Gasteiger partial charge in [0, 0.05) is 5.69 Å². The standard InChI is InChI=1S/C8H7N3O3/c12-7(10-11-8(13)14)9-6-4-2-1-3-5-6/h1-5H,(H,9,12)(H,13,14). The smallest absolute Gasteiger partial charge is 0.450 e. The second kappa shape index (κ2) is 4.70. The number of carbonyl (C=O) groups excluding carboxylic acids is 1. The van der Waals surface area contributed by atoms with E-state index in [0.717, 1.165) is 0 Å². The van der Waals surface area contributed by atoms with Crippen LogP contribution in [0.1, 0.15) is 0 Å². The van der Waals surface area contributed by atoms with Crippen molar-refractivity contribution in [1.82, 2.24) is 0 Å². The van der Waals surface area contributed by atoms with Crippen molar-refractivity contribution >= 4 is 17.8 Å². The number of urea groups is 1. The molecule has 0 heterocycles. The Hall–Kier alpha value is -2.24. The number of nitrogens with one attached hydrogen (secondary N) is 1. The summed E-state index contributed by atoms with van der Waals surface area (Å²) in [5.74, 6) is 0. The van der Waals surface area contributed by atoms with Crippen molar-refractivity contribution in [2.24, 2.45) is 10.2 Å². The Balaban J connectivity index is 2.54. The third-order valence-electron chi connectivity index (χ3n) is 1.25. The van der Waals surface area contributed by atoms with Crippen molar-refractivity contribution in [3.8, 4) is 0 Å².